The van der Waals surface area contributed by atoms with Crippen LogP contribution < -0.4 is 0 Å². The maximum absolute atomic E-state index is 13.1. The number of benzene rings is 3. The fourth-order valence-corrected chi connectivity index (χ4v) is 6.74. The fourth-order valence-electron chi connectivity index (χ4n) is 5.52. The molecule has 0 atom stereocenters. The SMILES string of the molecule is CCOC(=O)c1c(N=Cc2cc(-c3ccccc3)n(-c3ccc([N+](=O)[O-])cc3)c2-c2ccccc2)sc2c1CCCC2. The van der Waals surface area contributed by atoms with E-state index < -0.39 is 4.92 Å². The van der Waals surface area contributed by atoms with E-state index in [1.54, 1.807) is 23.5 Å². The number of nitro benzene ring substituents is 1. The topological polar surface area (TPSA) is 86.7 Å². The number of aliphatic imine (C=N–C) groups is 1. The Balaban J connectivity index is 1.56. The number of hydrogen-bond donors (Lipinski definition) is 0. The molecular formula is C34H29N3O4S. The van der Waals surface area contributed by atoms with Crippen LogP contribution in [0, 0.1) is 10.1 Å². The summed E-state index contributed by atoms with van der Waals surface area (Å²) in [6, 6.07) is 28.7. The molecule has 7 nitrogen and oxygen atoms in total. The Hall–Kier alpha value is -4.82. The summed E-state index contributed by atoms with van der Waals surface area (Å²) in [7, 11) is 0. The summed E-state index contributed by atoms with van der Waals surface area (Å²) in [5.41, 5.74) is 7.12. The largest absolute Gasteiger partial charge is 0.462 e. The van der Waals surface area contributed by atoms with Gasteiger partial charge in [-0.25, -0.2) is 9.79 Å². The minimum Gasteiger partial charge on any atom is -0.462 e. The van der Waals surface area contributed by atoms with Crippen LogP contribution in [-0.2, 0) is 17.6 Å². The highest BCUT2D eigenvalue weighted by Crippen LogP contribution is 2.41. The van der Waals surface area contributed by atoms with Gasteiger partial charge in [-0.2, -0.15) is 0 Å². The molecule has 2 aromatic heterocycles. The van der Waals surface area contributed by atoms with Crippen molar-refractivity contribution in [1.82, 2.24) is 4.57 Å². The number of ether oxygens (including phenoxy) is 1. The zero-order chi connectivity index (χ0) is 29.1. The second-order valence-electron chi connectivity index (χ2n) is 10.0. The second kappa shape index (κ2) is 12.0. The van der Waals surface area contributed by atoms with Gasteiger partial charge in [0, 0.05) is 34.5 Å². The van der Waals surface area contributed by atoms with Crippen LogP contribution in [0.5, 0.6) is 0 Å². The summed E-state index contributed by atoms with van der Waals surface area (Å²) >= 11 is 1.58. The van der Waals surface area contributed by atoms with Crippen LogP contribution in [-0.4, -0.2) is 28.3 Å². The standard InChI is InChI=1S/C34H29N3O4S/c1-2-41-34(38)31-28-15-9-10-16-30(28)42-33(31)35-22-25-21-29(23-11-5-3-6-12-23)36(32(25)24-13-7-4-8-14-24)26-17-19-27(20-18-26)37(39)40/h3-8,11-14,17-22H,2,9-10,15-16H2,1H3. The monoisotopic (exact) mass is 575 g/mol. The first-order chi connectivity index (χ1) is 20.5. The van der Waals surface area contributed by atoms with Gasteiger partial charge in [0.25, 0.3) is 5.69 Å². The molecule has 3 aromatic carbocycles. The van der Waals surface area contributed by atoms with E-state index in [1.165, 1.54) is 17.0 Å². The number of aryl methyl sites for hydroxylation is 1. The zero-order valence-corrected chi connectivity index (χ0v) is 24.0. The van der Waals surface area contributed by atoms with Crippen molar-refractivity contribution in [3.05, 3.63) is 123 Å². The number of carbonyl (C=O) groups is 1. The predicted octanol–water partition coefficient (Wildman–Crippen LogP) is 8.59. The molecule has 0 saturated heterocycles. The van der Waals surface area contributed by atoms with Crippen molar-refractivity contribution in [3.63, 3.8) is 0 Å². The first-order valence-corrected chi connectivity index (χ1v) is 14.8. The molecule has 0 bridgehead atoms. The molecule has 0 amide bonds. The predicted molar refractivity (Wildman–Crippen MR) is 167 cm³/mol. The van der Waals surface area contributed by atoms with E-state index in [4.69, 9.17) is 9.73 Å². The summed E-state index contributed by atoms with van der Waals surface area (Å²) in [5.74, 6) is -0.319. The minimum atomic E-state index is -0.393. The summed E-state index contributed by atoms with van der Waals surface area (Å²) < 4.78 is 7.56. The van der Waals surface area contributed by atoms with Crippen LogP contribution in [0.2, 0.25) is 0 Å². The van der Waals surface area contributed by atoms with E-state index in [2.05, 4.69) is 10.6 Å². The van der Waals surface area contributed by atoms with Crippen LogP contribution in [0.3, 0.4) is 0 Å². The highest BCUT2D eigenvalue weighted by Gasteiger charge is 2.26. The van der Waals surface area contributed by atoms with E-state index in [0.29, 0.717) is 17.2 Å². The van der Waals surface area contributed by atoms with Gasteiger partial charge in [0.15, 0.2) is 0 Å². The van der Waals surface area contributed by atoms with Gasteiger partial charge in [0.2, 0.25) is 0 Å². The van der Waals surface area contributed by atoms with Crippen molar-refractivity contribution in [2.75, 3.05) is 6.61 Å². The number of rotatable bonds is 8. The normalized spacial score (nSPS) is 12.8. The van der Waals surface area contributed by atoms with E-state index in [9.17, 15) is 14.9 Å². The molecule has 0 radical (unpaired) electrons. The van der Waals surface area contributed by atoms with Gasteiger partial charge in [-0.3, -0.25) is 10.1 Å². The summed E-state index contributed by atoms with van der Waals surface area (Å²) in [4.78, 5) is 30.2. The molecular weight excluding hydrogens is 546 g/mol. The summed E-state index contributed by atoms with van der Waals surface area (Å²) in [5, 5.41) is 12.1. The molecule has 42 heavy (non-hydrogen) atoms. The molecule has 0 saturated carbocycles. The number of esters is 1. The lowest BCUT2D eigenvalue weighted by Crippen LogP contribution is -2.09. The first-order valence-electron chi connectivity index (χ1n) is 14.0. The van der Waals surface area contributed by atoms with Crippen LogP contribution in [0.4, 0.5) is 10.7 Å². The number of non-ortho nitro benzene ring substituents is 1. The smallest absolute Gasteiger partial charge is 0.341 e. The number of aromatic nitrogens is 1. The minimum absolute atomic E-state index is 0.0309. The van der Waals surface area contributed by atoms with Crippen molar-refractivity contribution in [2.45, 2.75) is 32.6 Å². The van der Waals surface area contributed by atoms with Crippen molar-refractivity contribution in [1.29, 1.82) is 0 Å². The van der Waals surface area contributed by atoms with E-state index in [-0.39, 0.29) is 11.7 Å². The van der Waals surface area contributed by atoms with Crippen molar-refractivity contribution >= 4 is 34.2 Å². The van der Waals surface area contributed by atoms with Gasteiger partial charge < -0.3 is 9.30 Å². The van der Waals surface area contributed by atoms with E-state index in [1.807, 2.05) is 73.8 Å². The molecule has 0 spiro atoms. The summed E-state index contributed by atoms with van der Waals surface area (Å²) in [6.45, 7) is 2.13. The molecule has 8 heteroatoms. The number of nitro groups is 1. The Bertz CT molecular complexity index is 1770. The Kier molecular flexibility index (Phi) is 7.79. The average molecular weight is 576 g/mol. The van der Waals surface area contributed by atoms with Gasteiger partial charge in [-0.15, -0.1) is 11.3 Å². The Morgan fingerprint density at radius 2 is 1.64 bits per heavy atom. The van der Waals surface area contributed by atoms with Crippen molar-refractivity contribution in [2.24, 2.45) is 4.99 Å². The summed E-state index contributed by atoms with van der Waals surface area (Å²) in [6.07, 6.45) is 5.80. The molecule has 1 aliphatic rings. The maximum Gasteiger partial charge on any atom is 0.341 e. The number of hydrogen-bond acceptors (Lipinski definition) is 6. The molecule has 1 aliphatic carbocycles. The fraction of sp³-hybridized carbons (Fsp3) is 0.176. The van der Waals surface area contributed by atoms with Crippen LogP contribution >= 0.6 is 11.3 Å². The van der Waals surface area contributed by atoms with Gasteiger partial charge in [0.1, 0.15) is 5.00 Å². The zero-order valence-electron chi connectivity index (χ0n) is 23.2. The number of fused-ring (bicyclic) bond motifs is 1. The lowest BCUT2D eigenvalue weighted by molar-refractivity contribution is -0.384. The maximum atomic E-state index is 13.1. The third-order valence-corrected chi connectivity index (χ3v) is 8.62. The number of carbonyl (C=O) groups excluding carboxylic acids is 1. The molecule has 0 N–H and O–H groups in total. The molecule has 0 unspecified atom stereocenters. The van der Waals surface area contributed by atoms with Crippen LogP contribution in [0.15, 0.2) is 96.0 Å². The van der Waals surface area contributed by atoms with Gasteiger partial charge in [-0.05, 0) is 67.5 Å². The van der Waals surface area contributed by atoms with Gasteiger partial charge in [-0.1, -0.05) is 60.7 Å². The van der Waals surface area contributed by atoms with Crippen molar-refractivity contribution < 1.29 is 14.5 Å². The van der Waals surface area contributed by atoms with E-state index >= 15 is 0 Å². The third kappa shape index (κ3) is 5.29. The third-order valence-electron chi connectivity index (χ3n) is 7.42. The first kappa shape index (κ1) is 27.4. The highest BCUT2D eigenvalue weighted by atomic mass is 32.1. The second-order valence-corrected chi connectivity index (χ2v) is 11.1. The molecule has 5 aromatic rings. The Labute approximate surface area is 247 Å². The van der Waals surface area contributed by atoms with Crippen LogP contribution in [0.25, 0.3) is 28.2 Å². The molecule has 0 aliphatic heterocycles. The van der Waals surface area contributed by atoms with E-state index in [0.717, 1.165) is 65.0 Å². The molecule has 6 rings (SSSR count). The molecule has 210 valence electrons. The van der Waals surface area contributed by atoms with Crippen LogP contribution in [0.1, 0.15) is 46.1 Å². The lowest BCUT2D eigenvalue weighted by atomic mass is 9.95. The number of nitrogens with zero attached hydrogens (tertiary/aromatic N) is 3. The van der Waals surface area contributed by atoms with Gasteiger partial charge >= 0.3 is 5.97 Å². The number of thiophene rings is 1. The van der Waals surface area contributed by atoms with Gasteiger partial charge in [0.05, 0.1) is 28.5 Å². The van der Waals surface area contributed by atoms with Crippen molar-refractivity contribution in [3.8, 4) is 28.2 Å². The lowest BCUT2D eigenvalue weighted by Gasteiger charge is -2.15. The molecule has 2 heterocycles. The molecule has 0 fully saturated rings. The highest BCUT2D eigenvalue weighted by molar-refractivity contribution is 7.16. The Morgan fingerprint density at radius 3 is 2.31 bits per heavy atom. The Morgan fingerprint density at radius 1 is 0.976 bits per heavy atom. The quantitative estimate of drug-likeness (QED) is 0.0802. The average Bonchev–Trinajstić information content (AvgIpc) is 3.60.